The molecule has 5 N–H and O–H groups in total. The molecule has 1 saturated carbocycles. The number of nitrogens with zero attached hydrogens (tertiary/aromatic N) is 4. The van der Waals surface area contributed by atoms with E-state index in [1.54, 1.807) is 43.1 Å². The highest BCUT2D eigenvalue weighted by Crippen LogP contribution is 2.52. The molecule has 0 bridgehead atoms. The maximum atomic E-state index is 15.1. The number of nitrogens with one attached hydrogen (secondary N) is 2. The highest BCUT2D eigenvalue weighted by molar-refractivity contribution is 8.00. The van der Waals surface area contributed by atoms with E-state index in [4.69, 9.17) is 24.7 Å². The number of carbonyl (C=O) groups is 12. The van der Waals surface area contributed by atoms with E-state index in [9.17, 15) is 66.6 Å². The fraction of sp³-hybridized carbons (Fsp3) is 0.692. The number of ketones is 3. The summed E-state index contributed by atoms with van der Waals surface area (Å²) in [6.45, 7) is 16.5. The number of carboxylic acids is 1. The van der Waals surface area contributed by atoms with Crippen molar-refractivity contribution >= 4 is 82.6 Å². The van der Waals surface area contributed by atoms with Gasteiger partial charge in [-0.15, -0.1) is 11.8 Å². The van der Waals surface area contributed by atoms with Gasteiger partial charge in [0.15, 0.2) is 11.6 Å². The molecule has 3 aliphatic rings. The first-order chi connectivity index (χ1) is 49.6. The van der Waals surface area contributed by atoms with Crippen LogP contribution in [0.15, 0.2) is 42.5 Å². The van der Waals surface area contributed by atoms with Crippen LogP contribution in [0.3, 0.4) is 0 Å². The number of Topliss-reactive ketones (excluding diaryl/α,β-unsaturated/α-hetero) is 3. The van der Waals surface area contributed by atoms with E-state index in [0.29, 0.717) is 55.4 Å². The second kappa shape index (κ2) is 42.3. The van der Waals surface area contributed by atoms with Gasteiger partial charge in [0, 0.05) is 102 Å². The van der Waals surface area contributed by atoms with E-state index < -0.39 is 113 Å². The van der Waals surface area contributed by atoms with Gasteiger partial charge in [-0.2, -0.15) is 0 Å². The van der Waals surface area contributed by atoms with Crippen LogP contribution in [0.1, 0.15) is 188 Å². The molecule has 3 fully saturated rings. The van der Waals surface area contributed by atoms with E-state index >= 15 is 4.79 Å². The van der Waals surface area contributed by atoms with Gasteiger partial charge in [-0.05, 0) is 111 Å². The molecule has 27 heteroatoms. The smallest absolute Gasteiger partial charge is 0.481 e. The van der Waals surface area contributed by atoms with Crippen molar-refractivity contribution in [3.63, 3.8) is 0 Å². The Morgan fingerprint density at radius 3 is 1.98 bits per heavy atom. The van der Waals surface area contributed by atoms with Crippen molar-refractivity contribution in [3.05, 3.63) is 70.8 Å². The third-order valence-electron chi connectivity index (χ3n) is 21.2. The number of hydrogen-bond acceptors (Lipinski definition) is 18. The Kier molecular flexibility index (Phi) is 35.7. The first-order valence-corrected chi connectivity index (χ1v) is 38.4. The molecular weight excluding hydrogens is 1380 g/mol. The fourth-order valence-corrected chi connectivity index (χ4v) is 16.1. The van der Waals surface area contributed by atoms with Crippen LogP contribution < -0.4 is 16.4 Å². The molecule has 5 rings (SSSR count). The standard InChI is InChI=1S/C78H117F2N7O17S/c1-15-49(8)71(85(12)75(98)57(47(4)5)39-63(90)70(48(6)7)84(10)11)64(101-13)40-67(92)87-43-54(38-61(87)72(102-14)50(9)73(96)82-34-31-55-58(79)23-21-24-59(55)80)104-77(100)103-44-52-29-27-51(28-30-52)36-62(89)60(25-18-19-26-66(81)91)83-74(97)56(46(2)3)37-53(88)22-17-16-20-35-86-68(93)41-65(76(86)99)105-45-78(32-33-78)42-69(94)95/h21,23-24,27-30,46-50,54,56-57,60-61,64-65,70-72H,15-20,22,25-26,31-45H2,1-14H3,(H2,81,91)(H,82,96)(H,83,97)(H,94,95)/t49-,50+,54-,56-,57-,60-,61-,64+,65?,70-,71-,72+/m0/s1. The molecule has 1 aliphatic carbocycles. The predicted octanol–water partition coefficient (Wildman–Crippen LogP) is 9.24. The lowest BCUT2D eigenvalue weighted by molar-refractivity contribution is -0.149. The van der Waals surface area contributed by atoms with E-state index in [2.05, 4.69) is 10.6 Å². The van der Waals surface area contributed by atoms with Gasteiger partial charge in [-0.1, -0.05) is 112 Å². The van der Waals surface area contributed by atoms with Gasteiger partial charge in [0.25, 0.3) is 0 Å². The minimum atomic E-state index is -1.08. The van der Waals surface area contributed by atoms with Crippen LogP contribution in [0.2, 0.25) is 0 Å². The minimum absolute atomic E-state index is 0.000779. The van der Waals surface area contributed by atoms with Crippen LogP contribution in [0, 0.1) is 58.5 Å². The SMILES string of the molecule is CC[C@H](C)[C@@H]([C@@H](CC(=O)N1C[C@@H](OC(=O)OCc2ccc(CC(=O)[C@H](CCCCC(N)=O)NC(=O)[C@@H](CC(=O)CCCCCN3C(=O)CC(SCC4(CC(=O)O)CC4)C3=O)C(C)C)cc2)C[C@H]1[C@H](OC)[C@@H](C)C(=O)NCCc1c(F)cccc1F)OC)N(C)C(=O)[C@@H](CC(=O)[C@H](C(C)C)N(C)C)C(C)C. The molecule has 586 valence electrons. The maximum absolute atomic E-state index is 15.1. The first-order valence-electron chi connectivity index (χ1n) is 37.3. The Morgan fingerprint density at radius 2 is 1.41 bits per heavy atom. The third kappa shape index (κ3) is 26.6. The molecule has 0 spiro atoms. The van der Waals surface area contributed by atoms with Crippen molar-refractivity contribution in [2.75, 3.05) is 60.7 Å². The summed E-state index contributed by atoms with van der Waals surface area (Å²) >= 11 is 1.35. The van der Waals surface area contributed by atoms with Gasteiger partial charge in [0.2, 0.25) is 41.4 Å². The largest absolute Gasteiger partial charge is 0.508 e. The molecule has 2 aromatic carbocycles. The fourth-order valence-electron chi connectivity index (χ4n) is 14.6. The average molecular weight is 1490 g/mol. The second-order valence-corrected chi connectivity index (χ2v) is 31.6. The summed E-state index contributed by atoms with van der Waals surface area (Å²) in [4.78, 5) is 168. The molecule has 7 amide bonds. The molecule has 0 radical (unpaired) electrons. The summed E-state index contributed by atoms with van der Waals surface area (Å²) in [6.07, 6.45) is 0.457. The van der Waals surface area contributed by atoms with E-state index in [-0.39, 0.29) is 167 Å². The number of benzene rings is 2. The van der Waals surface area contributed by atoms with Crippen LogP contribution in [-0.4, -0.2) is 204 Å². The van der Waals surface area contributed by atoms with Crippen LogP contribution in [-0.2, 0) is 91.1 Å². The molecule has 105 heavy (non-hydrogen) atoms. The van der Waals surface area contributed by atoms with E-state index in [1.807, 2.05) is 74.4 Å². The number of hydrogen-bond donors (Lipinski definition) is 4. The van der Waals surface area contributed by atoms with Crippen molar-refractivity contribution < 1.29 is 90.4 Å². The number of likely N-dealkylation sites (N-methyl/N-ethyl adjacent to an activating group) is 2. The van der Waals surface area contributed by atoms with Crippen LogP contribution in [0.25, 0.3) is 0 Å². The van der Waals surface area contributed by atoms with Crippen LogP contribution >= 0.6 is 11.8 Å². The maximum Gasteiger partial charge on any atom is 0.508 e. The Balaban J connectivity index is 1.23. The molecule has 0 aromatic heterocycles. The van der Waals surface area contributed by atoms with E-state index in [1.165, 1.54) is 41.8 Å². The van der Waals surface area contributed by atoms with Crippen molar-refractivity contribution in [2.24, 2.45) is 52.6 Å². The Hall–Kier alpha value is -7.23. The Labute approximate surface area is 623 Å². The van der Waals surface area contributed by atoms with Crippen LogP contribution in [0.4, 0.5) is 13.6 Å². The molecular formula is C78H117F2N7O17S. The number of nitrogens with two attached hydrogens (primary N) is 1. The minimum Gasteiger partial charge on any atom is -0.481 e. The number of primary amides is 1. The third-order valence-corrected chi connectivity index (χ3v) is 22.7. The summed E-state index contributed by atoms with van der Waals surface area (Å²) in [6, 6.07) is 7.23. The number of carboxylic acid groups (broad SMARTS) is 1. The van der Waals surface area contributed by atoms with Crippen molar-refractivity contribution in [2.45, 2.75) is 239 Å². The highest BCUT2D eigenvalue weighted by atomic mass is 32.2. The summed E-state index contributed by atoms with van der Waals surface area (Å²) in [5.74, 6) is -8.29. The van der Waals surface area contributed by atoms with Gasteiger partial charge in [0.1, 0.15) is 30.1 Å². The lowest BCUT2D eigenvalue weighted by atomic mass is 9.83. The zero-order valence-corrected chi connectivity index (χ0v) is 65.0. The van der Waals surface area contributed by atoms with Crippen molar-refractivity contribution in [3.8, 4) is 0 Å². The van der Waals surface area contributed by atoms with Crippen molar-refractivity contribution in [1.82, 2.24) is 30.2 Å². The number of carbonyl (C=O) groups excluding carboxylic acids is 11. The Morgan fingerprint density at radius 1 is 0.771 bits per heavy atom. The lowest BCUT2D eigenvalue weighted by Crippen LogP contribution is -2.54. The zero-order valence-electron chi connectivity index (χ0n) is 64.2. The lowest BCUT2D eigenvalue weighted by Gasteiger charge is -2.41. The normalized spacial score (nSPS) is 19.0. The van der Waals surface area contributed by atoms with Gasteiger partial charge in [-0.25, -0.2) is 13.6 Å². The number of methoxy groups -OCH3 is 2. The molecule has 12 atom stereocenters. The Bertz CT molecular complexity index is 3270. The number of halogens is 2. The number of amides is 7. The summed E-state index contributed by atoms with van der Waals surface area (Å²) in [5.41, 5.74) is 5.99. The summed E-state index contributed by atoms with van der Waals surface area (Å²) in [7, 11) is 8.18. The number of rotatable bonds is 48. The molecule has 1 unspecified atom stereocenters. The quantitative estimate of drug-likeness (QED) is 0.0272. The topological polar surface area (TPSA) is 325 Å². The highest BCUT2D eigenvalue weighted by Gasteiger charge is 2.49. The van der Waals surface area contributed by atoms with Gasteiger partial charge < -0.3 is 50.2 Å². The van der Waals surface area contributed by atoms with Gasteiger partial charge in [0.05, 0.1) is 66.9 Å². The molecule has 2 heterocycles. The monoisotopic (exact) mass is 1490 g/mol. The summed E-state index contributed by atoms with van der Waals surface area (Å²) < 4.78 is 52.8. The van der Waals surface area contributed by atoms with E-state index in [0.717, 1.165) is 25.0 Å². The predicted molar refractivity (Wildman–Crippen MR) is 393 cm³/mol. The number of likely N-dealkylation sites (tertiary alicyclic amines) is 2. The number of ether oxygens (including phenoxy) is 4. The van der Waals surface area contributed by atoms with Gasteiger partial charge in [-0.3, -0.25) is 62.5 Å². The first kappa shape index (κ1) is 88.4. The number of aliphatic carboxylic acids is 1. The zero-order chi connectivity index (χ0) is 78.2. The molecule has 2 aromatic rings. The van der Waals surface area contributed by atoms with Crippen LogP contribution in [0.5, 0.6) is 0 Å². The summed E-state index contributed by atoms with van der Waals surface area (Å²) in [5, 5.41) is 14.4. The average Bonchev–Trinajstić information content (AvgIpc) is 1.58. The molecule has 24 nitrogen and oxygen atoms in total. The number of thioether (sulfide) groups is 1. The molecule has 2 aliphatic heterocycles. The second-order valence-electron chi connectivity index (χ2n) is 30.4. The van der Waals surface area contributed by atoms with Crippen molar-refractivity contribution in [1.29, 1.82) is 0 Å². The number of imide groups is 1. The molecule has 2 saturated heterocycles. The number of unbranched alkanes of at least 4 members (excludes halogenated alkanes) is 3. The van der Waals surface area contributed by atoms with Gasteiger partial charge >= 0.3 is 12.1 Å².